The topological polar surface area (TPSA) is 79.6 Å². The van der Waals surface area contributed by atoms with Crippen molar-refractivity contribution in [3.8, 4) is 0 Å². The van der Waals surface area contributed by atoms with Crippen molar-refractivity contribution < 1.29 is 9.59 Å². The van der Waals surface area contributed by atoms with Crippen LogP contribution in [-0.2, 0) is 4.79 Å². The number of aromatic nitrogens is 3. The summed E-state index contributed by atoms with van der Waals surface area (Å²) in [5, 5.41) is 15.2. The second-order valence-electron chi connectivity index (χ2n) is 7.01. The zero-order chi connectivity index (χ0) is 19.3. The van der Waals surface area contributed by atoms with Crippen molar-refractivity contribution in [1.29, 1.82) is 0 Å². The van der Waals surface area contributed by atoms with E-state index in [4.69, 9.17) is 0 Å². The molecule has 2 amide bonds. The first kappa shape index (κ1) is 18.6. The lowest BCUT2D eigenvalue weighted by Crippen LogP contribution is -2.38. The molecule has 0 bridgehead atoms. The average Bonchev–Trinajstić information content (AvgIpc) is 3.41. The van der Waals surface area contributed by atoms with Crippen LogP contribution in [0, 0.1) is 0 Å². The smallest absolute Gasteiger partial charge is 0.252 e. The SMILES string of the molecule is O=C(NCCCC(=O)N1CCC(c2nnc3ccccn23)CC1)c1ccsc1. The van der Waals surface area contributed by atoms with E-state index < -0.39 is 0 Å². The standard InChI is InChI=1S/C20H23N5O2S/c26-18(5-3-9-21-20(27)16-8-13-28-14-16)24-11-6-15(7-12-24)19-23-22-17-4-1-2-10-25(17)19/h1-2,4,8,10,13-15H,3,5-7,9,11-12H2,(H,21,27). The molecular weight excluding hydrogens is 374 g/mol. The monoisotopic (exact) mass is 397 g/mol. The van der Waals surface area contributed by atoms with Gasteiger partial charge in [0.15, 0.2) is 5.65 Å². The molecule has 0 radical (unpaired) electrons. The maximum atomic E-state index is 12.5. The van der Waals surface area contributed by atoms with E-state index in [1.165, 1.54) is 11.3 Å². The van der Waals surface area contributed by atoms with Crippen molar-refractivity contribution in [3.05, 3.63) is 52.6 Å². The summed E-state index contributed by atoms with van der Waals surface area (Å²) < 4.78 is 2.04. The summed E-state index contributed by atoms with van der Waals surface area (Å²) in [7, 11) is 0. The van der Waals surface area contributed by atoms with Gasteiger partial charge < -0.3 is 10.2 Å². The van der Waals surface area contributed by atoms with Crippen molar-refractivity contribution in [2.24, 2.45) is 0 Å². The van der Waals surface area contributed by atoms with Crippen molar-refractivity contribution in [1.82, 2.24) is 24.8 Å². The molecule has 1 saturated heterocycles. The van der Waals surface area contributed by atoms with Crippen LogP contribution >= 0.6 is 11.3 Å². The Balaban J connectivity index is 1.21. The van der Waals surface area contributed by atoms with E-state index in [1.807, 2.05) is 44.5 Å². The highest BCUT2D eigenvalue weighted by Crippen LogP contribution is 2.27. The number of hydrogen-bond acceptors (Lipinski definition) is 5. The number of piperidine rings is 1. The van der Waals surface area contributed by atoms with Crippen LogP contribution in [0.15, 0.2) is 41.2 Å². The summed E-state index contributed by atoms with van der Waals surface area (Å²) in [6.45, 7) is 2.00. The fourth-order valence-corrected chi connectivity index (χ4v) is 4.26. The van der Waals surface area contributed by atoms with Crippen molar-refractivity contribution >= 4 is 28.8 Å². The third-order valence-corrected chi connectivity index (χ3v) is 5.87. The number of thiophene rings is 1. The number of hydrogen-bond donors (Lipinski definition) is 1. The second kappa shape index (κ2) is 8.52. The van der Waals surface area contributed by atoms with Crippen LogP contribution in [-0.4, -0.2) is 50.9 Å². The van der Waals surface area contributed by atoms with Crippen LogP contribution in [0.3, 0.4) is 0 Å². The normalized spacial score (nSPS) is 15.1. The predicted molar refractivity (Wildman–Crippen MR) is 107 cm³/mol. The van der Waals surface area contributed by atoms with Crippen LogP contribution in [0.2, 0.25) is 0 Å². The molecule has 7 nitrogen and oxygen atoms in total. The third-order valence-electron chi connectivity index (χ3n) is 5.19. The number of nitrogens with zero attached hydrogens (tertiary/aromatic N) is 4. The third kappa shape index (κ3) is 4.06. The predicted octanol–water partition coefficient (Wildman–Crippen LogP) is 2.71. The first-order chi connectivity index (χ1) is 13.7. The highest BCUT2D eigenvalue weighted by Gasteiger charge is 2.26. The first-order valence-corrected chi connectivity index (χ1v) is 10.5. The van der Waals surface area contributed by atoms with Crippen molar-refractivity contribution in [3.63, 3.8) is 0 Å². The van der Waals surface area contributed by atoms with Gasteiger partial charge in [0.25, 0.3) is 5.91 Å². The fraction of sp³-hybridized carbons (Fsp3) is 0.400. The number of carbonyl (C=O) groups is 2. The minimum absolute atomic E-state index is 0.0740. The van der Waals surface area contributed by atoms with Gasteiger partial charge >= 0.3 is 0 Å². The molecule has 0 unspecified atom stereocenters. The Morgan fingerprint density at radius 1 is 1.18 bits per heavy atom. The van der Waals surface area contributed by atoms with E-state index in [0.29, 0.717) is 30.9 Å². The van der Waals surface area contributed by atoms with Gasteiger partial charge in [0.1, 0.15) is 5.82 Å². The molecule has 0 saturated carbocycles. The maximum Gasteiger partial charge on any atom is 0.252 e. The van der Waals surface area contributed by atoms with Crippen LogP contribution in [0.4, 0.5) is 0 Å². The minimum Gasteiger partial charge on any atom is -0.352 e. The molecular formula is C20H23N5O2S. The molecule has 1 fully saturated rings. The van der Waals surface area contributed by atoms with Crippen LogP contribution in [0.25, 0.3) is 5.65 Å². The number of amides is 2. The molecule has 1 aliphatic heterocycles. The van der Waals surface area contributed by atoms with Gasteiger partial charge in [-0.25, -0.2) is 0 Å². The molecule has 1 N–H and O–H groups in total. The number of nitrogens with one attached hydrogen (secondary N) is 1. The molecule has 8 heteroatoms. The first-order valence-electron chi connectivity index (χ1n) is 9.60. The van der Waals surface area contributed by atoms with E-state index in [1.54, 1.807) is 6.07 Å². The average molecular weight is 398 g/mol. The highest BCUT2D eigenvalue weighted by molar-refractivity contribution is 7.08. The quantitative estimate of drug-likeness (QED) is 0.649. The fourth-order valence-electron chi connectivity index (χ4n) is 3.62. The van der Waals surface area contributed by atoms with Crippen molar-refractivity contribution in [2.45, 2.75) is 31.6 Å². The van der Waals surface area contributed by atoms with Crippen LogP contribution in [0.5, 0.6) is 0 Å². The summed E-state index contributed by atoms with van der Waals surface area (Å²) in [6, 6.07) is 7.69. The molecule has 0 spiro atoms. The van der Waals surface area contributed by atoms with Gasteiger partial charge in [0.2, 0.25) is 5.91 Å². The minimum atomic E-state index is -0.0740. The van der Waals surface area contributed by atoms with Gasteiger partial charge in [-0.1, -0.05) is 6.07 Å². The highest BCUT2D eigenvalue weighted by atomic mass is 32.1. The molecule has 28 heavy (non-hydrogen) atoms. The molecule has 0 aliphatic carbocycles. The lowest BCUT2D eigenvalue weighted by atomic mass is 9.95. The van der Waals surface area contributed by atoms with Gasteiger partial charge in [0, 0.05) is 49.1 Å². The second-order valence-corrected chi connectivity index (χ2v) is 7.79. The molecule has 0 aromatic carbocycles. The van der Waals surface area contributed by atoms with E-state index in [9.17, 15) is 9.59 Å². The Bertz CT molecular complexity index is 945. The van der Waals surface area contributed by atoms with E-state index >= 15 is 0 Å². The number of pyridine rings is 1. The summed E-state index contributed by atoms with van der Waals surface area (Å²) in [5.74, 6) is 1.40. The van der Waals surface area contributed by atoms with Crippen molar-refractivity contribution in [2.75, 3.05) is 19.6 Å². The molecule has 4 rings (SSSR count). The maximum absolute atomic E-state index is 12.5. The summed E-state index contributed by atoms with van der Waals surface area (Å²) in [6.07, 6.45) is 4.91. The zero-order valence-corrected chi connectivity index (χ0v) is 16.4. The Labute approximate surface area is 167 Å². The largest absolute Gasteiger partial charge is 0.352 e. The summed E-state index contributed by atoms with van der Waals surface area (Å²) in [5.41, 5.74) is 1.54. The van der Waals surface area contributed by atoms with E-state index in [-0.39, 0.29) is 11.8 Å². The lowest BCUT2D eigenvalue weighted by Gasteiger charge is -2.31. The van der Waals surface area contributed by atoms with Crippen LogP contribution < -0.4 is 5.32 Å². The van der Waals surface area contributed by atoms with Gasteiger partial charge in [-0.3, -0.25) is 14.0 Å². The van der Waals surface area contributed by atoms with Gasteiger partial charge in [-0.2, -0.15) is 11.3 Å². The van der Waals surface area contributed by atoms with E-state index in [0.717, 1.165) is 37.4 Å². The lowest BCUT2D eigenvalue weighted by molar-refractivity contribution is -0.132. The number of carbonyl (C=O) groups excluding carboxylic acids is 2. The Morgan fingerprint density at radius 2 is 2.04 bits per heavy atom. The number of likely N-dealkylation sites (tertiary alicyclic amines) is 1. The van der Waals surface area contributed by atoms with Gasteiger partial charge in [-0.15, -0.1) is 10.2 Å². The molecule has 3 aromatic heterocycles. The molecule has 3 aromatic rings. The van der Waals surface area contributed by atoms with Gasteiger partial charge in [-0.05, 0) is 42.8 Å². The Kier molecular flexibility index (Phi) is 5.66. The zero-order valence-electron chi connectivity index (χ0n) is 15.6. The number of rotatable bonds is 6. The Morgan fingerprint density at radius 3 is 2.82 bits per heavy atom. The molecule has 1 aliphatic rings. The van der Waals surface area contributed by atoms with E-state index in [2.05, 4.69) is 15.5 Å². The number of fused-ring (bicyclic) bond motifs is 1. The van der Waals surface area contributed by atoms with Gasteiger partial charge in [0.05, 0.1) is 0 Å². The summed E-state index contributed by atoms with van der Waals surface area (Å²) >= 11 is 1.50. The molecule has 0 atom stereocenters. The van der Waals surface area contributed by atoms with Crippen LogP contribution in [0.1, 0.15) is 47.8 Å². The summed E-state index contributed by atoms with van der Waals surface area (Å²) in [4.78, 5) is 26.3. The molecule has 4 heterocycles. The Hall–Kier alpha value is -2.74. The molecule has 146 valence electrons.